The van der Waals surface area contributed by atoms with E-state index in [0.29, 0.717) is 0 Å². The van der Waals surface area contributed by atoms with Crippen LogP contribution < -0.4 is 5.32 Å². The largest absolute Gasteiger partial charge is 0.314 e. The van der Waals surface area contributed by atoms with Gasteiger partial charge in [-0.15, -0.1) is 0 Å². The van der Waals surface area contributed by atoms with E-state index in [2.05, 4.69) is 33.0 Å². The maximum Gasteiger partial charge on any atom is 0.00978 e. The highest BCUT2D eigenvalue weighted by Crippen LogP contribution is 2.36. The zero-order valence-corrected chi connectivity index (χ0v) is 11.8. The van der Waals surface area contributed by atoms with Gasteiger partial charge in [-0.05, 0) is 43.6 Å². The molecule has 1 aliphatic rings. The van der Waals surface area contributed by atoms with Crippen molar-refractivity contribution < 1.29 is 0 Å². The van der Waals surface area contributed by atoms with Crippen molar-refractivity contribution >= 4 is 0 Å². The molecule has 4 atom stereocenters. The van der Waals surface area contributed by atoms with Gasteiger partial charge in [-0.1, -0.05) is 47.0 Å². The molecule has 1 rings (SSSR count). The smallest absolute Gasteiger partial charge is 0.00978 e. The third kappa shape index (κ3) is 4.08. The molecule has 0 heterocycles. The summed E-state index contributed by atoms with van der Waals surface area (Å²) in [5.41, 5.74) is 0. The van der Waals surface area contributed by atoms with Crippen molar-refractivity contribution in [2.75, 3.05) is 6.54 Å². The minimum absolute atomic E-state index is 0.780. The van der Waals surface area contributed by atoms with Crippen molar-refractivity contribution in [1.82, 2.24) is 5.32 Å². The Labute approximate surface area is 102 Å². The van der Waals surface area contributed by atoms with E-state index < -0.39 is 0 Å². The van der Waals surface area contributed by atoms with Crippen molar-refractivity contribution in [2.24, 2.45) is 17.8 Å². The zero-order valence-electron chi connectivity index (χ0n) is 11.8. The summed E-state index contributed by atoms with van der Waals surface area (Å²) in [4.78, 5) is 0. The Bertz CT molecular complexity index is 178. The van der Waals surface area contributed by atoms with Crippen LogP contribution in [-0.2, 0) is 0 Å². The molecule has 4 unspecified atom stereocenters. The number of nitrogens with one attached hydrogen (secondary N) is 1. The second-order valence-corrected chi connectivity index (χ2v) is 5.91. The fourth-order valence-corrected chi connectivity index (χ4v) is 3.25. The number of hydrogen-bond donors (Lipinski definition) is 1. The molecule has 1 nitrogen and oxygen atoms in total. The van der Waals surface area contributed by atoms with Crippen molar-refractivity contribution in [3.05, 3.63) is 0 Å². The van der Waals surface area contributed by atoms with Gasteiger partial charge in [0.25, 0.3) is 0 Å². The molecule has 0 saturated heterocycles. The van der Waals surface area contributed by atoms with E-state index in [9.17, 15) is 0 Å². The SMILES string of the molecule is CCCNC(CCC)C1CC(C)CCC1C. The van der Waals surface area contributed by atoms with Gasteiger partial charge >= 0.3 is 0 Å². The van der Waals surface area contributed by atoms with Gasteiger partial charge in [0.1, 0.15) is 0 Å². The summed E-state index contributed by atoms with van der Waals surface area (Å²) in [6.45, 7) is 10.7. The van der Waals surface area contributed by atoms with Gasteiger partial charge < -0.3 is 5.32 Å². The Morgan fingerprint density at radius 3 is 2.50 bits per heavy atom. The van der Waals surface area contributed by atoms with Gasteiger partial charge in [0, 0.05) is 6.04 Å². The normalized spacial score (nSPS) is 32.6. The third-order valence-electron chi connectivity index (χ3n) is 4.29. The van der Waals surface area contributed by atoms with Gasteiger partial charge in [-0.3, -0.25) is 0 Å². The summed E-state index contributed by atoms with van der Waals surface area (Å²) >= 11 is 0. The number of rotatable bonds is 6. The van der Waals surface area contributed by atoms with E-state index in [4.69, 9.17) is 0 Å². The monoisotopic (exact) mass is 225 g/mol. The first-order chi connectivity index (χ1) is 7.69. The van der Waals surface area contributed by atoms with Crippen LogP contribution in [0, 0.1) is 17.8 Å². The van der Waals surface area contributed by atoms with Gasteiger partial charge in [-0.2, -0.15) is 0 Å². The second kappa shape index (κ2) is 7.32. The molecule has 0 bridgehead atoms. The lowest BCUT2D eigenvalue weighted by Crippen LogP contribution is -2.42. The van der Waals surface area contributed by atoms with Crippen LogP contribution in [0.3, 0.4) is 0 Å². The van der Waals surface area contributed by atoms with Crippen molar-refractivity contribution in [2.45, 2.75) is 72.3 Å². The molecule has 0 aromatic rings. The minimum atomic E-state index is 0.780. The van der Waals surface area contributed by atoms with Gasteiger partial charge in [-0.25, -0.2) is 0 Å². The fraction of sp³-hybridized carbons (Fsp3) is 1.00. The molecule has 0 aromatic heterocycles. The Balaban J connectivity index is 2.52. The van der Waals surface area contributed by atoms with E-state index in [1.807, 2.05) is 0 Å². The molecule has 96 valence electrons. The standard InChI is InChI=1S/C15H31N/c1-5-7-15(16-10-6-2)14-11-12(3)8-9-13(14)4/h12-16H,5-11H2,1-4H3. The third-order valence-corrected chi connectivity index (χ3v) is 4.29. The zero-order chi connectivity index (χ0) is 12.0. The molecule has 0 aromatic carbocycles. The molecule has 1 heteroatoms. The van der Waals surface area contributed by atoms with E-state index in [-0.39, 0.29) is 0 Å². The van der Waals surface area contributed by atoms with Crippen LogP contribution in [-0.4, -0.2) is 12.6 Å². The molecule has 1 aliphatic carbocycles. The predicted molar refractivity (Wildman–Crippen MR) is 72.7 cm³/mol. The summed E-state index contributed by atoms with van der Waals surface area (Å²) in [6.07, 6.45) is 8.28. The van der Waals surface area contributed by atoms with Crippen LogP contribution in [0.2, 0.25) is 0 Å². The first-order valence-corrected chi connectivity index (χ1v) is 7.42. The first kappa shape index (κ1) is 14.0. The van der Waals surface area contributed by atoms with E-state index >= 15 is 0 Å². The summed E-state index contributed by atoms with van der Waals surface area (Å²) in [6, 6.07) is 0.780. The van der Waals surface area contributed by atoms with Gasteiger partial charge in [0.05, 0.1) is 0 Å². The molecular formula is C15H31N. The summed E-state index contributed by atoms with van der Waals surface area (Å²) in [5, 5.41) is 3.79. The Morgan fingerprint density at radius 2 is 1.88 bits per heavy atom. The lowest BCUT2D eigenvalue weighted by molar-refractivity contribution is 0.150. The van der Waals surface area contributed by atoms with Gasteiger partial charge in [0.2, 0.25) is 0 Å². The Kier molecular flexibility index (Phi) is 6.41. The quantitative estimate of drug-likeness (QED) is 0.713. The van der Waals surface area contributed by atoms with Crippen LogP contribution >= 0.6 is 0 Å². The average molecular weight is 225 g/mol. The molecule has 1 N–H and O–H groups in total. The van der Waals surface area contributed by atoms with Crippen molar-refractivity contribution in [1.29, 1.82) is 0 Å². The average Bonchev–Trinajstić information content (AvgIpc) is 2.28. The maximum atomic E-state index is 3.79. The van der Waals surface area contributed by atoms with Crippen LogP contribution in [0.4, 0.5) is 0 Å². The van der Waals surface area contributed by atoms with Crippen LogP contribution in [0.15, 0.2) is 0 Å². The fourth-order valence-electron chi connectivity index (χ4n) is 3.25. The highest BCUT2D eigenvalue weighted by atomic mass is 14.9. The van der Waals surface area contributed by atoms with E-state index in [1.165, 1.54) is 45.1 Å². The summed E-state index contributed by atoms with van der Waals surface area (Å²) in [7, 11) is 0. The van der Waals surface area contributed by atoms with Gasteiger partial charge in [0.15, 0.2) is 0 Å². The Morgan fingerprint density at radius 1 is 1.12 bits per heavy atom. The lowest BCUT2D eigenvalue weighted by Gasteiger charge is -2.38. The highest BCUT2D eigenvalue weighted by Gasteiger charge is 2.30. The molecular weight excluding hydrogens is 194 g/mol. The molecule has 1 saturated carbocycles. The maximum absolute atomic E-state index is 3.79. The predicted octanol–water partition coefficient (Wildman–Crippen LogP) is 4.23. The summed E-state index contributed by atoms with van der Waals surface area (Å²) < 4.78 is 0. The highest BCUT2D eigenvalue weighted by molar-refractivity contribution is 4.85. The molecule has 1 fully saturated rings. The van der Waals surface area contributed by atoms with Crippen LogP contribution in [0.1, 0.15) is 66.2 Å². The minimum Gasteiger partial charge on any atom is -0.314 e. The van der Waals surface area contributed by atoms with Crippen molar-refractivity contribution in [3.8, 4) is 0 Å². The van der Waals surface area contributed by atoms with E-state index in [0.717, 1.165) is 23.8 Å². The topological polar surface area (TPSA) is 12.0 Å². The molecule has 16 heavy (non-hydrogen) atoms. The van der Waals surface area contributed by atoms with E-state index in [1.54, 1.807) is 0 Å². The van der Waals surface area contributed by atoms with Crippen LogP contribution in [0.5, 0.6) is 0 Å². The molecule has 0 spiro atoms. The molecule has 0 aliphatic heterocycles. The first-order valence-electron chi connectivity index (χ1n) is 7.42. The Hall–Kier alpha value is -0.0400. The molecule has 0 amide bonds. The number of hydrogen-bond acceptors (Lipinski definition) is 1. The van der Waals surface area contributed by atoms with Crippen molar-refractivity contribution in [3.63, 3.8) is 0 Å². The van der Waals surface area contributed by atoms with Crippen LogP contribution in [0.25, 0.3) is 0 Å². The molecule has 0 radical (unpaired) electrons. The lowest BCUT2D eigenvalue weighted by atomic mass is 9.71. The second-order valence-electron chi connectivity index (χ2n) is 5.91. The summed E-state index contributed by atoms with van der Waals surface area (Å²) in [5.74, 6) is 2.80.